The molecule has 0 aliphatic carbocycles. The Hall–Kier alpha value is -1.31. The molecule has 0 aromatic heterocycles. The number of benzene rings is 1. The lowest BCUT2D eigenvalue weighted by Gasteiger charge is -2.07. The number of hydrogen-bond donors (Lipinski definition) is 0. The van der Waals surface area contributed by atoms with Gasteiger partial charge in [-0.3, -0.25) is 0 Å². The van der Waals surface area contributed by atoms with E-state index in [9.17, 15) is 0 Å². The minimum absolute atomic E-state index is 0.604. The normalized spacial score (nSPS) is 14.0. The van der Waals surface area contributed by atoms with Crippen molar-refractivity contribution >= 4 is 6.21 Å². The molecule has 0 spiro atoms. The highest BCUT2D eigenvalue weighted by Crippen LogP contribution is 2.11. The van der Waals surface area contributed by atoms with Crippen molar-refractivity contribution < 1.29 is 4.84 Å². The molecule has 0 atom stereocenters. The summed E-state index contributed by atoms with van der Waals surface area (Å²) in [7, 11) is 0. The van der Waals surface area contributed by atoms with E-state index < -0.39 is 0 Å². The van der Waals surface area contributed by atoms with E-state index >= 15 is 0 Å². The van der Waals surface area contributed by atoms with Gasteiger partial charge in [0, 0.05) is 11.1 Å². The highest BCUT2D eigenvalue weighted by atomic mass is 16.6. The van der Waals surface area contributed by atoms with E-state index in [2.05, 4.69) is 5.16 Å². The third kappa shape index (κ3) is 0.778. The maximum Gasteiger partial charge on any atom is 0.142 e. The van der Waals surface area contributed by atoms with Crippen molar-refractivity contribution in [3.8, 4) is 0 Å². The van der Waals surface area contributed by atoms with Crippen LogP contribution in [-0.2, 0) is 11.4 Å². The highest BCUT2D eigenvalue weighted by Gasteiger charge is 2.02. The van der Waals surface area contributed by atoms with E-state index in [4.69, 9.17) is 4.84 Å². The SMILES string of the molecule is C1=NOCc2ccccc21. The lowest BCUT2D eigenvalue weighted by Crippen LogP contribution is -1.99. The first-order chi connectivity index (χ1) is 4.97. The largest absolute Gasteiger partial charge is 0.391 e. The predicted octanol–water partition coefficient (Wildman–Crippen LogP) is 1.55. The van der Waals surface area contributed by atoms with Crippen molar-refractivity contribution in [2.75, 3.05) is 0 Å². The molecular formula is C8H7NO. The van der Waals surface area contributed by atoms with E-state index in [-0.39, 0.29) is 0 Å². The van der Waals surface area contributed by atoms with Crippen molar-refractivity contribution in [2.24, 2.45) is 5.16 Å². The Morgan fingerprint density at radius 3 is 3.10 bits per heavy atom. The number of hydrogen-bond acceptors (Lipinski definition) is 2. The number of oxime groups is 1. The van der Waals surface area contributed by atoms with Crippen LogP contribution in [0.3, 0.4) is 0 Å². The van der Waals surface area contributed by atoms with Crippen LogP contribution in [0.5, 0.6) is 0 Å². The quantitative estimate of drug-likeness (QED) is 0.526. The van der Waals surface area contributed by atoms with E-state index in [1.54, 1.807) is 6.21 Å². The zero-order valence-corrected chi connectivity index (χ0v) is 5.45. The Balaban J connectivity index is 2.54. The lowest BCUT2D eigenvalue weighted by atomic mass is 10.1. The molecule has 1 aliphatic rings. The molecule has 2 heteroatoms. The highest BCUT2D eigenvalue weighted by molar-refractivity contribution is 5.81. The minimum Gasteiger partial charge on any atom is -0.391 e. The Kier molecular flexibility index (Phi) is 1.17. The van der Waals surface area contributed by atoms with E-state index in [1.807, 2.05) is 24.3 Å². The third-order valence-corrected chi connectivity index (χ3v) is 1.54. The van der Waals surface area contributed by atoms with Crippen molar-refractivity contribution in [1.29, 1.82) is 0 Å². The summed E-state index contributed by atoms with van der Waals surface area (Å²) in [6.07, 6.45) is 1.73. The van der Waals surface area contributed by atoms with Gasteiger partial charge in [0.2, 0.25) is 0 Å². The first kappa shape index (κ1) is 5.47. The smallest absolute Gasteiger partial charge is 0.142 e. The minimum atomic E-state index is 0.604. The number of rotatable bonds is 0. The Labute approximate surface area is 59.1 Å². The standard InChI is InChI=1S/C8H7NO/c1-2-4-8-6-10-9-5-7(8)3-1/h1-5H,6H2. The van der Waals surface area contributed by atoms with Crippen LogP contribution >= 0.6 is 0 Å². The van der Waals surface area contributed by atoms with Crippen molar-refractivity contribution in [3.05, 3.63) is 35.4 Å². The molecule has 1 aromatic rings. The summed E-state index contributed by atoms with van der Waals surface area (Å²) in [6.45, 7) is 0.604. The molecule has 0 fully saturated rings. The average Bonchev–Trinajstić information content (AvgIpc) is 2.05. The van der Waals surface area contributed by atoms with Gasteiger partial charge in [0.15, 0.2) is 0 Å². The second-order valence-electron chi connectivity index (χ2n) is 2.21. The molecule has 0 bridgehead atoms. The molecule has 1 heterocycles. The second kappa shape index (κ2) is 2.14. The molecule has 0 saturated carbocycles. The Morgan fingerprint density at radius 1 is 1.30 bits per heavy atom. The maximum atomic E-state index is 4.87. The van der Waals surface area contributed by atoms with Gasteiger partial charge in [-0.1, -0.05) is 29.4 Å². The summed E-state index contributed by atoms with van der Waals surface area (Å²) in [6, 6.07) is 8.07. The lowest BCUT2D eigenvalue weighted by molar-refractivity contribution is 0.128. The topological polar surface area (TPSA) is 21.6 Å². The van der Waals surface area contributed by atoms with E-state index in [1.165, 1.54) is 5.56 Å². The summed E-state index contributed by atoms with van der Waals surface area (Å²) in [5.41, 5.74) is 2.37. The number of nitrogens with zero attached hydrogens (tertiary/aromatic N) is 1. The van der Waals surface area contributed by atoms with Crippen molar-refractivity contribution in [1.82, 2.24) is 0 Å². The molecule has 2 nitrogen and oxygen atoms in total. The van der Waals surface area contributed by atoms with Crippen LogP contribution in [0.15, 0.2) is 29.4 Å². The van der Waals surface area contributed by atoms with Gasteiger partial charge in [0.25, 0.3) is 0 Å². The van der Waals surface area contributed by atoms with Crippen LogP contribution in [0.25, 0.3) is 0 Å². The van der Waals surface area contributed by atoms with Gasteiger partial charge in [0.1, 0.15) is 6.61 Å². The van der Waals surface area contributed by atoms with Crippen LogP contribution in [0.1, 0.15) is 11.1 Å². The number of fused-ring (bicyclic) bond motifs is 1. The zero-order chi connectivity index (χ0) is 6.81. The van der Waals surface area contributed by atoms with Crippen molar-refractivity contribution in [3.63, 3.8) is 0 Å². The van der Waals surface area contributed by atoms with Gasteiger partial charge in [0.05, 0.1) is 6.21 Å². The molecule has 50 valence electrons. The van der Waals surface area contributed by atoms with Crippen LogP contribution < -0.4 is 0 Å². The summed E-state index contributed by atoms with van der Waals surface area (Å²) in [5.74, 6) is 0. The summed E-state index contributed by atoms with van der Waals surface area (Å²) in [4.78, 5) is 4.87. The second-order valence-corrected chi connectivity index (χ2v) is 2.21. The van der Waals surface area contributed by atoms with E-state index in [0.717, 1.165) is 5.56 Å². The molecule has 2 rings (SSSR count). The van der Waals surface area contributed by atoms with Gasteiger partial charge in [-0.05, 0) is 0 Å². The van der Waals surface area contributed by atoms with Gasteiger partial charge in [-0.2, -0.15) is 0 Å². The monoisotopic (exact) mass is 133 g/mol. The zero-order valence-electron chi connectivity index (χ0n) is 5.45. The Bertz CT molecular complexity index is 268. The van der Waals surface area contributed by atoms with Crippen molar-refractivity contribution in [2.45, 2.75) is 6.61 Å². The first-order valence-electron chi connectivity index (χ1n) is 3.20. The molecule has 0 amide bonds. The summed E-state index contributed by atoms with van der Waals surface area (Å²) >= 11 is 0. The van der Waals surface area contributed by atoms with Gasteiger partial charge < -0.3 is 4.84 Å². The fourth-order valence-electron chi connectivity index (χ4n) is 0.992. The summed E-state index contributed by atoms with van der Waals surface area (Å²) in [5, 5.41) is 3.69. The van der Waals surface area contributed by atoms with Crippen LogP contribution in [0.2, 0.25) is 0 Å². The molecule has 10 heavy (non-hydrogen) atoms. The molecule has 0 saturated heterocycles. The fourth-order valence-corrected chi connectivity index (χ4v) is 0.992. The van der Waals surface area contributed by atoms with Crippen LogP contribution in [0, 0.1) is 0 Å². The molecule has 0 radical (unpaired) electrons. The molecule has 1 aliphatic heterocycles. The fraction of sp³-hybridized carbons (Fsp3) is 0.125. The maximum absolute atomic E-state index is 4.87. The van der Waals surface area contributed by atoms with Crippen LogP contribution in [0.4, 0.5) is 0 Å². The summed E-state index contributed by atoms with van der Waals surface area (Å²) < 4.78 is 0. The van der Waals surface area contributed by atoms with Gasteiger partial charge in [-0.25, -0.2) is 0 Å². The molecule has 0 unspecified atom stereocenters. The Morgan fingerprint density at radius 2 is 2.20 bits per heavy atom. The van der Waals surface area contributed by atoms with Crippen LogP contribution in [-0.4, -0.2) is 6.21 Å². The first-order valence-corrected chi connectivity index (χ1v) is 3.20. The predicted molar refractivity (Wildman–Crippen MR) is 38.8 cm³/mol. The average molecular weight is 133 g/mol. The van der Waals surface area contributed by atoms with Gasteiger partial charge >= 0.3 is 0 Å². The molecule has 1 aromatic carbocycles. The van der Waals surface area contributed by atoms with E-state index in [0.29, 0.717) is 6.61 Å². The molecule has 0 N–H and O–H groups in total. The third-order valence-electron chi connectivity index (χ3n) is 1.54. The van der Waals surface area contributed by atoms with Gasteiger partial charge in [-0.15, -0.1) is 0 Å². The molecular weight excluding hydrogens is 126 g/mol.